The van der Waals surface area contributed by atoms with E-state index in [1.54, 1.807) is 18.2 Å². The molecule has 0 amide bonds. The van der Waals surface area contributed by atoms with Crippen LogP contribution in [-0.2, 0) is 13.0 Å². The Morgan fingerprint density at radius 2 is 2.19 bits per heavy atom. The minimum absolute atomic E-state index is 0.0663. The van der Waals surface area contributed by atoms with Crippen LogP contribution in [0.4, 0.5) is 4.39 Å². The SMILES string of the molecule is N#CCn1nnnc1Cc1ccccc1F. The lowest BCUT2D eigenvalue weighted by Gasteiger charge is -2.01. The number of aromatic nitrogens is 4. The fourth-order valence-corrected chi connectivity index (χ4v) is 1.35. The normalized spacial score (nSPS) is 10.0. The van der Waals surface area contributed by atoms with Crippen molar-refractivity contribution in [3.8, 4) is 6.07 Å². The van der Waals surface area contributed by atoms with Crippen LogP contribution in [0.3, 0.4) is 0 Å². The van der Waals surface area contributed by atoms with Crippen molar-refractivity contribution in [3.63, 3.8) is 0 Å². The summed E-state index contributed by atoms with van der Waals surface area (Å²) in [5, 5.41) is 19.4. The molecule has 80 valence electrons. The van der Waals surface area contributed by atoms with Crippen LogP contribution in [0, 0.1) is 17.1 Å². The predicted octanol–water partition coefficient (Wildman–Crippen LogP) is 0.927. The number of halogens is 1. The van der Waals surface area contributed by atoms with Gasteiger partial charge in [0.25, 0.3) is 0 Å². The molecule has 0 saturated carbocycles. The molecule has 2 rings (SSSR count). The third-order valence-electron chi connectivity index (χ3n) is 2.13. The molecule has 16 heavy (non-hydrogen) atoms. The Balaban J connectivity index is 2.24. The van der Waals surface area contributed by atoms with Gasteiger partial charge in [-0.1, -0.05) is 18.2 Å². The summed E-state index contributed by atoms with van der Waals surface area (Å²) in [5.41, 5.74) is 0.511. The van der Waals surface area contributed by atoms with Crippen molar-refractivity contribution in [1.82, 2.24) is 20.2 Å². The zero-order valence-electron chi connectivity index (χ0n) is 8.34. The summed E-state index contributed by atoms with van der Waals surface area (Å²) in [6.45, 7) is 0.0663. The van der Waals surface area contributed by atoms with Gasteiger partial charge in [-0.3, -0.25) is 0 Å². The summed E-state index contributed by atoms with van der Waals surface area (Å²) in [4.78, 5) is 0. The van der Waals surface area contributed by atoms with E-state index in [1.165, 1.54) is 10.7 Å². The molecule has 6 heteroatoms. The minimum Gasteiger partial charge on any atom is -0.215 e. The minimum atomic E-state index is -0.297. The van der Waals surface area contributed by atoms with Gasteiger partial charge in [-0.15, -0.1) is 5.10 Å². The van der Waals surface area contributed by atoms with Crippen molar-refractivity contribution in [1.29, 1.82) is 5.26 Å². The number of tetrazole rings is 1. The molecule has 0 aliphatic carbocycles. The molecule has 0 atom stereocenters. The molecule has 0 N–H and O–H groups in total. The maximum Gasteiger partial charge on any atom is 0.156 e. The van der Waals surface area contributed by atoms with Gasteiger partial charge < -0.3 is 0 Å². The van der Waals surface area contributed by atoms with E-state index in [4.69, 9.17) is 5.26 Å². The highest BCUT2D eigenvalue weighted by molar-refractivity contribution is 5.20. The van der Waals surface area contributed by atoms with Crippen LogP contribution >= 0.6 is 0 Å². The third-order valence-corrected chi connectivity index (χ3v) is 2.13. The molecular weight excluding hydrogens is 209 g/mol. The summed E-state index contributed by atoms with van der Waals surface area (Å²) in [6.07, 6.45) is 0.279. The number of nitrogens with zero attached hydrogens (tertiary/aromatic N) is 5. The van der Waals surface area contributed by atoms with E-state index in [-0.39, 0.29) is 18.8 Å². The van der Waals surface area contributed by atoms with Gasteiger partial charge in [-0.25, -0.2) is 9.07 Å². The van der Waals surface area contributed by atoms with Gasteiger partial charge >= 0.3 is 0 Å². The van der Waals surface area contributed by atoms with E-state index in [1.807, 2.05) is 6.07 Å². The molecule has 0 spiro atoms. The van der Waals surface area contributed by atoms with Crippen molar-refractivity contribution in [2.75, 3.05) is 0 Å². The van der Waals surface area contributed by atoms with E-state index in [0.29, 0.717) is 11.4 Å². The van der Waals surface area contributed by atoms with Crippen molar-refractivity contribution in [3.05, 3.63) is 41.5 Å². The number of rotatable bonds is 3. The Morgan fingerprint density at radius 3 is 2.94 bits per heavy atom. The van der Waals surface area contributed by atoms with Gasteiger partial charge in [0.15, 0.2) is 5.82 Å². The average Bonchev–Trinajstić information content (AvgIpc) is 2.70. The van der Waals surface area contributed by atoms with Crippen LogP contribution in [-0.4, -0.2) is 20.2 Å². The van der Waals surface area contributed by atoms with Crippen LogP contribution in [0.2, 0.25) is 0 Å². The quantitative estimate of drug-likeness (QED) is 0.766. The van der Waals surface area contributed by atoms with Gasteiger partial charge in [-0.05, 0) is 22.1 Å². The fraction of sp³-hybridized carbons (Fsp3) is 0.200. The monoisotopic (exact) mass is 217 g/mol. The Hall–Kier alpha value is -2.29. The summed E-state index contributed by atoms with van der Waals surface area (Å²) >= 11 is 0. The standard InChI is InChI=1S/C10H8FN5/c11-9-4-2-1-3-8(9)7-10-13-14-15-16(10)6-5-12/h1-4H,6-7H2. The van der Waals surface area contributed by atoms with Gasteiger partial charge in [0, 0.05) is 6.42 Å². The number of hydrogen-bond acceptors (Lipinski definition) is 4. The Bertz CT molecular complexity index is 528. The first-order valence-electron chi connectivity index (χ1n) is 4.66. The van der Waals surface area contributed by atoms with Crippen LogP contribution in [0.25, 0.3) is 0 Å². The zero-order chi connectivity index (χ0) is 11.4. The van der Waals surface area contributed by atoms with E-state index < -0.39 is 0 Å². The topological polar surface area (TPSA) is 67.4 Å². The predicted molar refractivity (Wildman–Crippen MR) is 52.6 cm³/mol. The summed E-state index contributed by atoms with van der Waals surface area (Å²) < 4.78 is 14.7. The maximum atomic E-state index is 13.4. The second-order valence-electron chi connectivity index (χ2n) is 3.18. The second-order valence-corrected chi connectivity index (χ2v) is 3.18. The van der Waals surface area contributed by atoms with Crippen molar-refractivity contribution in [2.45, 2.75) is 13.0 Å². The van der Waals surface area contributed by atoms with Gasteiger partial charge in [0.05, 0.1) is 6.07 Å². The van der Waals surface area contributed by atoms with Gasteiger partial charge in [-0.2, -0.15) is 5.26 Å². The molecule has 1 aromatic heterocycles. The highest BCUT2D eigenvalue weighted by atomic mass is 19.1. The molecule has 1 heterocycles. The molecule has 0 bridgehead atoms. The van der Waals surface area contributed by atoms with Gasteiger partial charge in [0.2, 0.25) is 0 Å². The van der Waals surface area contributed by atoms with E-state index in [9.17, 15) is 4.39 Å². The molecule has 0 aliphatic rings. The first-order chi connectivity index (χ1) is 7.81. The van der Waals surface area contributed by atoms with Crippen molar-refractivity contribution in [2.24, 2.45) is 0 Å². The largest absolute Gasteiger partial charge is 0.215 e. The lowest BCUT2D eigenvalue weighted by molar-refractivity contribution is 0.602. The number of benzene rings is 1. The first-order valence-corrected chi connectivity index (χ1v) is 4.66. The van der Waals surface area contributed by atoms with E-state index in [2.05, 4.69) is 15.5 Å². The molecular formula is C10H8FN5. The van der Waals surface area contributed by atoms with Gasteiger partial charge in [0.1, 0.15) is 12.4 Å². The average molecular weight is 217 g/mol. The van der Waals surface area contributed by atoms with Crippen LogP contribution in [0.5, 0.6) is 0 Å². The molecule has 0 aliphatic heterocycles. The second kappa shape index (κ2) is 4.49. The van der Waals surface area contributed by atoms with Crippen molar-refractivity contribution >= 4 is 0 Å². The van der Waals surface area contributed by atoms with Crippen molar-refractivity contribution < 1.29 is 4.39 Å². The highest BCUT2D eigenvalue weighted by Gasteiger charge is 2.09. The Kier molecular flexibility index (Phi) is 2.87. The van der Waals surface area contributed by atoms with Crippen LogP contribution < -0.4 is 0 Å². The third kappa shape index (κ3) is 2.03. The Labute approximate surface area is 91.1 Å². The number of nitriles is 1. The molecule has 5 nitrogen and oxygen atoms in total. The molecule has 0 fully saturated rings. The molecule has 1 aromatic carbocycles. The lowest BCUT2D eigenvalue weighted by atomic mass is 10.1. The van der Waals surface area contributed by atoms with Crippen LogP contribution in [0.15, 0.2) is 24.3 Å². The molecule has 0 radical (unpaired) electrons. The first kappa shape index (κ1) is 10.2. The highest BCUT2D eigenvalue weighted by Crippen LogP contribution is 2.10. The summed E-state index contributed by atoms with van der Waals surface area (Å²) in [5.74, 6) is 0.181. The molecule has 0 saturated heterocycles. The van der Waals surface area contributed by atoms with E-state index in [0.717, 1.165) is 0 Å². The Morgan fingerprint density at radius 1 is 1.38 bits per heavy atom. The van der Waals surface area contributed by atoms with Crippen LogP contribution in [0.1, 0.15) is 11.4 Å². The summed E-state index contributed by atoms with van der Waals surface area (Å²) in [6, 6.07) is 8.36. The maximum absolute atomic E-state index is 13.4. The molecule has 0 unspecified atom stereocenters. The summed E-state index contributed by atoms with van der Waals surface area (Å²) in [7, 11) is 0. The number of hydrogen-bond donors (Lipinski definition) is 0. The molecule has 2 aromatic rings. The lowest BCUT2D eigenvalue weighted by Crippen LogP contribution is -2.06. The zero-order valence-corrected chi connectivity index (χ0v) is 8.34. The van der Waals surface area contributed by atoms with E-state index >= 15 is 0 Å². The smallest absolute Gasteiger partial charge is 0.156 e. The fourth-order valence-electron chi connectivity index (χ4n) is 1.35.